The first-order valence-electron chi connectivity index (χ1n) is 10.6. The fourth-order valence-electron chi connectivity index (χ4n) is 4.04. The molecule has 3 aromatic rings. The number of amides is 2. The van der Waals surface area contributed by atoms with Crippen LogP contribution in [0, 0.1) is 0 Å². The molecule has 0 radical (unpaired) electrons. The second kappa shape index (κ2) is 10.0. The van der Waals surface area contributed by atoms with Crippen LogP contribution in [0.3, 0.4) is 0 Å². The average Bonchev–Trinajstić information content (AvgIpc) is 3.44. The number of carbonyl (C=O) groups is 3. The van der Waals surface area contributed by atoms with E-state index in [0.29, 0.717) is 0 Å². The molecular weight excluding hydrogens is 438 g/mol. The Balaban J connectivity index is 1.37. The Bertz CT molecular complexity index is 1190. The molecule has 0 bridgehead atoms. The van der Waals surface area contributed by atoms with Crippen LogP contribution >= 0.6 is 0 Å². The van der Waals surface area contributed by atoms with Crippen molar-refractivity contribution in [1.29, 1.82) is 0 Å². The number of hydrogen-bond donors (Lipinski definition) is 3. The van der Waals surface area contributed by atoms with E-state index in [4.69, 9.17) is 14.3 Å². The number of ether oxygens (including phenoxy) is 1. The molecule has 1 heterocycles. The number of hydrogen-bond acceptors (Lipinski definition) is 6. The molecule has 1 aliphatic carbocycles. The molecule has 0 fully saturated rings. The summed E-state index contributed by atoms with van der Waals surface area (Å²) in [7, 11) is 0. The van der Waals surface area contributed by atoms with Crippen molar-refractivity contribution in [1.82, 2.24) is 15.6 Å². The Labute approximate surface area is 195 Å². The van der Waals surface area contributed by atoms with Crippen molar-refractivity contribution < 1.29 is 28.6 Å². The summed E-state index contributed by atoms with van der Waals surface area (Å²) in [6.07, 6.45) is 1.89. The molecular formula is C25H23N3O6. The molecule has 2 amide bonds. The van der Waals surface area contributed by atoms with Gasteiger partial charge in [-0.3, -0.25) is 4.79 Å². The maximum absolute atomic E-state index is 12.6. The summed E-state index contributed by atoms with van der Waals surface area (Å²) in [5, 5.41) is 14.2. The number of nitrogens with zero attached hydrogens (tertiary/aromatic N) is 1. The van der Waals surface area contributed by atoms with E-state index in [-0.39, 0.29) is 36.9 Å². The Kier molecular flexibility index (Phi) is 6.72. The van der Waals surface area contributed by atoms with Crippen LogP contribution in [-0.4, -0.2) is 40.7 Å². The minimum atomic E-state index is -1.27. The van der Waals surface area contributed by atoms with Gasteiger partial charge in [-0.15, -0.1) is 6.58 Å². The highest BCUT2D eigenvalue weighted by atomic mass is 16.5. The number of oxazole rings is 1. The van der Waals surface area contributed by atoms with Crippen LogP contribution in [0.5, 0.6) is 0 Å². The number of alkyl carbamates (subject to hydrolysis) is 1. The molecule has 9 heteroatoms. The lowest BCUT2D eigenvalue weighted by molar-refractivity contribution is -0.123. The number of fused-ring (bicyclic) bond motifs is 3. The minimum absolute atomic E-state index is 0.000608. The Morgan fingerprint density at radius 2 is 1.76 bits per heavy atom. The van der Waals surface area contributed by atoms with Crippen molar-refractivity contribution in [3.05, 3.63) is 90.2 Å². The van der Waals surface area contributed by atoms with Crippen molar-refractivity contribution in [2.75, 3.05) is 6.61 Å². The molecule has 1 aromatic heterocycles. The van der Waals surface area contributed by atoms with Gasteiger partial charge in [-0.2, -0.15) is 0 Å². The molecule has 0 aliphatic heterocycles. The first-order valence-corrected chi connectivity index (χ1v) is 10.6. The van der Waals surface area contributed by atoms with E-state index in [9.17, 15) is 14.4 Å². The first-order chi connectivity index (χ1) is 16.5. The molecule has 34 heavy (non-hydrogen) atoms. The Morgan fingerprint density at radius 3 is 2.38 bits per heavy atom. The summed E-state index contributed by atoms with van der Waals surface area (Å²) < 4.78 is 10.5. The van der Waals surface area contributed by atoms with Gasteiger partial charge >= 0.3 is 12.1 Å². The van der Waals surface area contributed by atoms with Crippen molar-refractivity contribution in [2.45, 2.75) is 24.9 Å². The van der Waals surface area contributed by atoms with E-state index < -0.39 is 24.0 Å². The minimum Gasteiger partial charge on any atom is -0.476 e. The van der Waals surface area contributed by atoms with Crippen LogP contribution in [0.1, 0.15) is 39.7 Å². The van der Waals surface area contributed by atoms with Gasteiger partial charge in [0.2, 0.25) is 5.91 Å². The molecule has 1 atom stereocenters. The van der Waals surface area contributed by atoms with E-state index in [2.05, 4.69) is 22.2 Å². The van der Waals surface area contributed by atoms with E-state index in [1.54, 1.807) is 0 Å². The SMILES string of the molecule is C=CCC(NC(=O)OCC1c2ccccc2-c2ccccc21)C(=O)NCc1ocnc1C(=O)O. The number of rotatable bonds is 9. The fraction of sp³-hybridized carbons (Fsp3) is 0.200. The molecule has 1 aliphatic rings. The molecule has 0 spiro atoms. The largest absolute Gasteiger partial charge is 0.476 e. The lowest BCUT2D eigenvalue weighted by Gasteiger charge is -2.18. The zero-order valence-corrected chi connectivity index (χ0v) is 18.2. The fourth-order valence-corrected chi connectivity index (χ4v) is 4.04. The van der Waals surface area contributed by atoms with Crippen molar-refractivity contribution in [2.24, 2.45) is 0 Å². The lowest BCUT2D eigenvalue weighted by Crippen LogP contribution is -2.46. The Morgan fingerprint density at radius 1 is 1.12 bits per heavy atom. The van der Waals surface area contributed by atoms with E-state index in [1.807, 2.05) is 48.5 Å². The molecule has 1 unspecified atom stereocenters. The number of nitrogens with one attached hydrogen (secondary N) is 2. The third-order valence-corrected chi connectivity index (χ3v) is 5.62. The molecule has 174 valence electrons. The molecule has 0 saturated carbocycles. The highest BCUT2D eigenvalue weighted by Gasteiger charge is 2.29. The summed E-state index contributed by atoms with van der Waals surface area (Å²) >= 11 is 0. The zero-order chi connectivity index (χ0) is 24.1. The van der Waals surface area contributed by atoms with Crippen LogP contribution < -0.4 is 10.6 Å². The second-order valence-corrected chi connectivity index (χ2v) is 7.69. The summed E-state index contributed by atoms with van der Waals surface area (Å²) in [4.78, 5) is 39.8. The van der Waals surface area contributed by atoms with Crippen molar-refractivity contribution in [3.8, 4) is 11.1 Å². The van der Waals surface area contributed by atoms with Gasteiger partial charge in [0.05, 0.1) is 6.54 Å². The Hall–Kier alpha value is -4.40. The smallest absolute Gasteiger partial charge is 0.407 e. The summed E-state index contributed by atoms with van der Waals surface area (Å²) in [5.41, 5.74) is 4.11. The summed E-state index contributed by atoms with van der Waals surface area (Å²) in [5.74, 6) is -1.91. The standard InChI is InChI=1S/C25H23N3O6/c1-2-7-20(23(29)26-12-21-22(24(30)31)27-14-34-21)28-25(32)33-13-19-17-10-5-3-8-15(17)16-9-4-6-11-18(16)19/h2-6,8-11,14,19-20H,1,7,12-13H2,(H,26,29)(H,28,32)(H,30,31). The van der Waals surface area contributed by atoms with Crippen LogP contribution in [0.25, 0.3) is 11.1 Å². The van der Waals surface area contributed by atoms with Crippen molar-refractivity contribution >= 4 is 18.0 Å². The van der Waals surface area contributed by atoms with Gasteiger partial charge in [0.25, 0.3) is 0 Å². The van der Waals surface area contributed by atoms with Gasteiger partial charge in [-0.25, -0.2) is 14.6 Å². The lowest BCUT2D eigenvalue weighted by atomic mass is 9.98. The molecule has 4 rings (SSSR count). The molecule has 2 aromatic carbocycles. The second-order valence-electron chi connectivity index (χ2n) is 7.69. The highest BCUT2D eigenvalue weighted by Crippen LogP contribution is 2.44. The molecule has 9 nitrogen and oxygen atoms in total. The van der Waals surface area contributed by atoms with Crippen LogP contribution in [0.15, 0.2) is 72.0 Å². The van der Waals surface area contributed by atoms with Crippen LogP contribution in [0.4, 0.5) is 4.79 Å². The quantitative estimate of drug-likeness (QED) is 0.416. The van der Waals surface area contributed by atoms with E-state index >= 15 is 0 Å². The third kappa shape index (κ3) is 4.68. The highest BCUT2D eigenvalue weighted by molar-refractivity contribution is 5.88. The van der Waals surface area contributed by atoms with Crippen LogP contribution in [-0.2, 0) is 16.1 Å². The third-order valence-electron chi connectivity index (χ3n) is 5.62. The first kappa shape index (κ1) is 22.8. The van der Waals surface area contributed by atoms with Crippen molar-refractivity contribution in [3.63, 3.8) is 0 Å². The predicted octanol–water partition coefficient (Wildman–Crippen LogP) is 3.47. The van der Waals surface area contributed by atoms with Gasteiger partial charge in [0.15, 0.2) is 17.8 Å². The molecule has 3 N–H and O–H groups in total. The molecule has 0 saturated heterocycles. The number of aromatic carboxylic acids is 1. The van der Waals surface area contributed by atoms with Gasteiger partial charge in [0.1, 0.15) is 12.6 Å². The number of carboxylic acid groups (broad SMARTS) is 1. The number of carbonyl (C=O) groups excluding carboxylic acids is 2. The number of carboxylic acids is 1. The topological polar surface area (TPSA) is 131 Å². The summed E-state index contributed by atoms with van der Waals surface area (Å²) in [6.45, 7) is 3.54. The predicted molar refractivity (Wildman–Crippen MR) is 122 cm³/mol. The van der Waals surface area contributed by atoms with Gasteiger partial charge in [-0.05, 0) is 28.7 Å². The van der Waals surface area contributed by atoms with Gasteiger partial charge in [0, 0.05) is 5.92 Å². The van der Waals surface area contributed by atoms with E-state index in [1.165, 1.54) is 6.08 Å². The number of aromatic nitrogens is 1. The van der Waals surface area contributed by atoms with Gasteiger partial charge < -0.3 is 24.9 Å². The summed E-state index contributed by atoms with van der Waals surface area (Å²) in [6, 6.07) is 15.0. The monoisotopic (exact) mass is 461 g/mol. The average molecular weight is 461 g/mol. The number of benzene rings is 2. The van der Waals surface area contributed by atoms with E-state index in [0.717, 1.165) is 28.6 Å². The normalized spacial score (nSPS) is 12.8. The van der Waals surface area contributed by atoms with Crippen LogP contribution in [0.2, 0.25) is 0 Å². The maximum atomic E-state index is 12.6. The maximum Gasteiger partial charge on any atom is 0.407 e. The zero-order valence-electron chi connectivity index (χ0n) is 18.2. The van der Waals surface area contributed by atoms with Gasteiger partial charge in [-0.1, -0.05) is 54.6 Å².